The van der Waals surface area contributed by atoms with E-state index in [9.17, 15) is 4.79 Å². The fourth-order valence-corrected chi connectivity index (χ4v) is 6.02. The minimum absolute atomic E-state index is 0.105. The van der Waals surface area contributed by atoms with E-state index in [2.05, 4.69) is 0 Å². The van der Waals surface area contributed by atoms with Crippen molar-refractivity contribution in [3.05, 3.63) is 0 Å². The van der Waals surface area contributed by atoms with Crippen molar-refractivity contribution in [2.75, 3.05) is 13.7 Å². The molecule has 0 radical (unpaired) electrons. The molecule has 0 aromatic heterocycles. The molecule has 4 aliphatic carbocycles. The Bertz CT molecular complexity index is 352. The molecule has 0 aromatic rings. The first-order valence-electron chi connectivity index (χ1n) is 7.41. The quantitative estimate of drug-likeness (QED) is 0.721. The molecule has 0 aliphatic heterocycles. The second-order valence-electron chi connectivity index (χ2n) is 6.99. The van der Waals surface area contributed by atoms with Crippen molar-refractivity contribution in [1.29, 1.82) is 0 Å². The van der Waals surface area contributed by atoms with Gasteiger partial charge >= 0.3 is 5.97 Å². The lowest BCUT2D eigenvalue weighted by atomic mass is 9.72. The summed E-state index contributed by atoms with van der Waals surface area (Å²) in [6.45, 7) is 0.105. The highest BCUT2D eigenvalue weighted by molar-refractivity contribution is 5.71. The van der Waals surface area contributed by atoms with Crippen LogP contribution >= 0.6 is 0 Å². The fraction of sp³-hybridized carbons (Fsp3) is 0.933. The van der Waals surface area contributed by atoms with E-state index in [0.29, 0.717) is 17.3 Å². The Morgan fingerprint density at radius 2 is 1.78 bits per heavy atom. The van der Waals surface area contributed by atoms with Crippen molar-refractivity contribution in [3.8, 4) is 0 Å². The molecule has 0 amide bonds. The van der Waals surface area contributed by atoms with Crippen LogP contribution in [0.1, 0.15) is 38.5 Å². The van der Waals surface area contributed by atoms with Crippen LogP contribution in [0.25, 0.3) is 0 Å². The summed E-state index contributed by atoms with van der Waals surface area (Å²) in [4.78, 5) is 11.7. The van der Waals surface area contributed by atoms with Gasteiger partial charge in [0.05, 0.1) is 0 Å². The van der Waals surface area contributed by atoms with Gasteiger partial charge in [-0.15, -0.1) is 0 Å². The number of hydrogen-bond acceptors (Lipinski definition) is 3. The Morgan fingerprint density at radius 1 is 1.17 bits per heavy atom. The maximum Gasteiger partial charge on any atom is 0.332 e. The van der Waals surface area contributed by atoms with Crippen LogP contribution in [0.5, 0.6) is 0 Å². The fourth-order valence-electron chi connectivity index (χ4n) is 6.02. The second kappa shape index (κ2) is 3.72. The first kappa shape index (κ1) is 11.3. The molecule has 4 aliphatic rings. The number of esters is 1. The van der Waals surface area contributed by atoms with Crippen LogP contribution in [0.4, 0.5) is 0 Å². The molecule has 4 saturated carbocycles. The Labute approximate surface area is 108 Å². The third-order valence-electron chi connectivity index (χ3n) is 6.41. The second-order valence-corrected chi connectivity index (χ2v) is 6.99. The van der Waals surface area contributed by atoms with E-state index in [1.54, 1.807) is 7.11 Å². The Kier molecular flexibility index (Phi) is 2.33. The molecule has 4 atom stereocenters. The number of carbonyl (C=O) groups excluding carboxylic acids is 1. The van der Waals surface area contributed by atoms with E-state index in [1.807, 2.05) is 0 Å². The zero-order valence-electron chi connectivity index (χ0n) is 11.1. The molecule has 4 rings (SSSR count). The molecule has 0 heterocycles. The number of methoxy groups -OCH3 is 1. The van der Waals surface area contributed by atoms with E-state index in [0.717, 1.165) is 11.8 Å². The van der Waals surface area contributed by atoms with Crippen LogP contribution in [0.3, 0.4) is 0 Å². The Hall–Kier alpha value is -0.570. The number of carbonyl (C=O) groups is 1. The summed E-state index contributed by atoms with van der Waals surface area (Å²) in [5.74, 6) is 3.04. The van der Waals surface area contributed by atoms with Crippen molar-refractivity contribution >= 4 is 5.97 Å². The lowest BCUT2D eigenvalue weighted by Crippen LogP contribution is -2.37. The summed E-state index contributed by atoms with van der Waals surface area (Å²) in [6, 6.07) is 0. The van der Waals surface area contributed by atoms with E-state index in [-0.39, 0.29) is 18.7 Å². The van der Waals surface area contributed by atoms with Crippen molar-refractivity contribution < 1.29 is 14.3 Å². The summed E-state index contributed by atoms with van der Waals surface area (Å²) < 4.78 is 10.6. The maximum atomic E-state index is 11.7. The van der Waals surface area contributed by atoms with E-state index >= 15 is 0 Å². The molecule has 1 spiro atoms. The predicted octanol–water partition coefficient (Wildman–Crippen LogP) is 2.39. The number of ether oxygens (including phenoxy) is 2. The molecule has 4 unspecified atom stereocenters. The first-order valence-corrected chi connectivity index (χ1v) is 7.41. The van der Waals surface area contributed by atoms with Crippen LogP contribution in [0.15, 0.2) is 0 Å². The molecule has 18 heavy (non-hydrogen) atoms. The van der Waals surface area contributed by atoms with Gasteiger partial charge in [-0.05, 0) is 67.6 Å². The predicted molar refractivity (Wildman–Crippen MR) is 65.9 cm³/mol. The standard InChI is InChI=1S/C15H22O3/c1-17-8-13(16)18-14-9-4-11-2-3-12-5-10(14)7-15(11,12)6-9/h9-12,14H,2-8H2,1H3. The Morgan fingerprint density at radius 3 is 2.33 bits per heavy atom. The average Bonchev–Trinajstić information content (AvgIpc) is 2.90. The van der Waals surface area contributed by atoms with Gasteiger partial charge < -0.3 is 9.47 Å². The first-order chi connectivity index (χ1) is 8.73. The van der Waals surface area contributed by atoms with Gasteiger partial charge in [0.25, 0.3) is 0 Å². The molecule has 4 fully saturated rings. The lowest BCUT2D eigenvalue weighted by Gasteiger charge is -2.36. The SMILES string of the molecule is COCC(=O)OC1C2CC3CCC4CC1CC34C2. The van der Waals surface area contributed by atoms with Crippen molar-refractivity contribution in [1.82, 2.24) is 0 Å². The highest BCUT2D eigenvalue weighted by atomic mass is 16.6. The smallest absolute Gasteiger partial charge is 0.332 e. The summed E-state index contributed by atoms with van der Waals surface area (Å²) >= 11 is 0. The molecular weight excluding hydrogens is 228 g/mol. The zero-order valence-corrected chi connectivity index (χ0v) is 11.1. The molecular formula is C15H22O3. The molecule has 3 heteroatoms. The normalized spacial score (nSPS) is 51.7. The van der Waals surface area contributed by atoms with E-state index in [1.165, 1.54) is 38.5 Å². The summed E-state index contributed by atoms with van der Waals surface area (Å²) in [7, 11) is 1.55. The molecule has 3 bridgehead atoms. The van der Waals surface area contributed by atoms with E-state index in [4.69, 9.17) is 9.47 Å². The van der Waals surface area contributed by atoms with Gasteiger partial charge in [-0.25, -0.2) is 4.79 Å². The summed E-state index contributed by atoms with van der Waals surface area (Å²) in [5, 5.41) is 0. The van der Waals surface area contributed by atoms with Gasteiger partial charge in [0.15, 0.2) is 0 Å². The van der Waals surface area contributed by atoms with Crippen LogP contribution in [-0.4, -0.2) is 25.8 Å². The van der Waals surface area contributed by atoms with Crippen LogP contribution < -0.4 is 0 Å². The van der Waals surface area contributed by atoms with Crippen LogP contribution in [0.2, 0.25) is 0 Å². The van der Waals surface area contributed by atoms with Crippen molar-refractivity contribution in [2.45, 2.75) is 44.6 Å². The van der Waals surface area contributed by atoms with Crippen LogP contribution in [0, 0.1) is 29.1 Å². The molecule has 100 valence electrons. The van der Waals surface area contributed by atoms with Gasteiger partial charge in [-0.2, -0.15) is 0 Å². The summed E-state index contributed by atoms with van der Waals surface area (Å²) in [6.07, 6.45) is 8.39. The molecule has 3 nitrogen and oxygen atoms in total. The van der Waals surface area contributed by atoms with Gasteiger partial charge in [0, 0.05) is 7.11 Å². The minimum Gasteiger partial charge on any atom is -0.460 e. The van der Waals surface area contributed by atoms with Crippen molar-refractivity contribution in [2.24, 2.45) is 29.1 Å². The van der Waals surface area contributed by atoms with Gasteiger partial charge in [-0.3, -0.25) is 0 Å². The Balaban J connectivity index is 1.55. The monoisotopic (exact) mass is 250 g/mol. The van der Waals surface area contributed by atoms with Gasteiger partial charge in [0.1, 0.15) is 12.7 Å². The maximum absolute atomic E-state index is 11.7. The van der Waals surface area contributed by atoms with Crippen LogP contribution in [-0.2, 0) is 14.3 Å². The minimum atomic E-state index is -0.166. The van der Waals surface area contributed by atoms with Crippen molar-refractivity contribution in [3.63, 3.8) is 0 Å². The van der Waals surface area contributed by atoms with E-state index < -0.39 is 0 Å². The van der Waals surface area contributed by atoms with Gasteiger partial charge in [0.2, 0.25) is 0 Å². The molecule has 0 saturated heterocycles. The topological polar surface area (TPSA) is 35.5 Å². The number of rotatable bonds is 3. The summed E-state index contributed by atoms with van der Waals surface area (Å²) in [5.41, 5.74) is 0.680. The number of hydrogen-bond donors (Lipinski definition) is 0. The average molecular weight is 250 g/mol. The molecule has 0 N–H and O–H groups in total. The van der Waals surface area contributed by atoms with Gasteiger partial charge in [-0.1, -0.05) is 0 Å². The largest absolute Gasteiger partial charge is 0.460 e. The highest BCUT2D eigenvalue weighted by Gasteiger charge is 2.66. The number of fused-ring (bicyclic) bond motifs is 2. The highest BCUT2D eigenvalue weighted by Crippen LogP contribution is 2.72. The third kappa shape index (κ3) is 1.31. The molecule has 0 aromatic carbocycles. The third-order valence-corrected chi connectivity index (χ3v) is 6.41. The zero-order chi connectivity index (χ0) is 12.3. The lowest BCUT2D eigenvalue weighted by molar-refractivity contribution is -0.161.